The Balaban J connectivity index is 4.08. The third-order valence-corrected chi connectivity index (χ3v) is 3.58. The second-order valence-corrected chi connectivity index (χ2v) is 4.89. The molecule has 0 aliphatic rings. The fourth-order valence-electron chi connectivity index (χ4n) is 2.12. The van der Waals surface area contributed by atoms with Crippen molar-refractivity contribution in [3.63, 3.8) is 0 Å². The zero-order valence-corrected chi connectivity index (χ0v) is 10.8. The molecular formula is C13H29N. The van der Waals surface area contributed by atoms with Gasteiger partial charge in [-0.1, -0.05) is 47.5 Å². The van der Waals surface area contributed by atoms with Crippen LogP contribution in [0.25, 0.3) is 0 Å². The van der Waals surface area contributed by atoms with Gasteiger partial charge in [-0.25, -0.2) is 0 Å². The predicted octanol–water partition coefficient (Wildman–Crippen LogP) is 3.84. The molecule has 1 nitrogen and oxygen atoms in total. The molecule has 2 atom stereocenters. The zero-order valence-electron chi connectivity index (χ0n) is 10.8. The highest BCUT2D eigenvalue weighted by atomic mass is 14.9. The molecule has 0 saturated carbocycles. The molecule has 14 heavy (non-hydrogen) atoms. The maximum absolute atomic E-state index is 3.58. The van der Waals surface area contributed by atoms with Crippen molar-refractivity contribution in [1.82, 2.24) is 5.32 Å². The van der Waals surface area contributed by atoms with Crippen LogP contribution < -0.4 is 5.32 Å². The molecule has 2 unspecified atom stereocenters. The van der Waals surface area contributed by atoms with Crippen molar-refractivity contribution >= 4 is 0 Å². The highest BCUT2D eigenvalue weighted by Gasteiger charge is 2.28. The average Bonchev–Trinajstić information content (AvgIpc) is 2.17. The Bertz CT molecular complexity index is 133. The number of hydrogen-bond donors (Lipinski definition) is 1. The van der Waals surface area contributed by atoms with Crippen molar-refractivity contribution in [2.75, 3.05) is 13.1 Å². The molecule has 1 N–H and O–H groups in total. The van der Waals surface area contributed by atoms with E-state index in [1.54, 1.807) is 0 Å². The first kappa shape index (κ1) is 14.0. The maximum atomic E-state index is 3.58. The molecular weight excluding hydrogens is 170 g/mol. The molecule has 0 fully saturated rings. The van der Waals surface area contributed by atoms with Crippen molar-refractivity contribution in [3.8, 4) is 0 Å². The largest absolute Gasteiger partial charge is 0.316 e. The summed E-state index contributed by atoms with van der Waals surface area (Å²) in [6.45, 7) is 14.0. The lowest BCUT2D eigenvalue weighted by molar-refractivity contribution is 0.171. The van der Waals surface area contributed by atoms with E-state index in [1.807, 2.05) is 0 Å². The van der Waals surface area contributed by atoms with E-state index in [0.29, 0.717) is 5.41 Å². The van der Waals surface area contributed by atoms with Gasteiger partial charge in [0.25, 0.3) is 0 Å². The summed E-state index contributed by atoms with van der Waals surface area (Å²) in [5, 5.41) is 3.58. The topological polar surface area (TPSA) is 12.0 Å². The van der Waals surface area contributed by atoms with Crippen LogP contribution in [0.2, 0.25) is 0 Å². The summed E-state index contributed by atoms with van der Waals surface area (Å²) in [6.07, 6.45) is 5.18. The summed E-state index contributed by atoms with van der Waals surface area (Å²) in [6, 6.07) is 0. The van der Waals surface area contributed by atoms with E-state index in [4.69, 9.17) is 0 Å². The summed E-state index contributed by atoms with van der Waals surface area (Å²) >= 11 is 0. The molecule has 0 spiro atoms. The van der Waals surface area contributed by atoms with Gasteiger partial charge in [-0.15, -0.1) is 0 Å². The van der Waals surface area contributed by atoms with Crippen LogP contribution in [0.1, 0.15) is 60.3 Å². The van der Waals surface area contributed by atoms with E-state index in [9.17, 15) is 0 Å². The third kappa shape index (κ3) is 4.45. The van der Waals surface area contributed by atoms with Crippen LogP contribution in [-0.4, -0.2) is 13.1 Å². The van der Waals surface area contributed by atoms with E-state index >= 15 is 0 Å². The first-order chi connectivity index (χ1) is 6.60. The van der Waals surface area contributed by atoms with Crippen molar-refractivity contribution in [2.45, 2.75) is 60.3 Å². The number of rotatable bonds is 8. The number of nitrogens with one attached hydrogen (secondary N) is 1. The van der Waals surface area contributed by atoms with Crippen LogP contribution in [-0.2, 0) is 0 Å². The van der Waals surface area contributed by atoms with E-state index in [2.05, 4.69) is 39.9 Å². The van der Waals surface area contributed by atoms with Gasteiger partial charge in [0, 0.05) is 6.54 Å². The molecule has 0 aromatic carbocycles. The van der Waals surface area contributed by atoms with Gasteiger partial charge in [0.2, 0.25) is 0 Å². The summed E-state index contributed by atoms with van der Waals surface area (Å²) in [5.74, 6) is 0.826. The lowest BCUT2D eigenvalue weighted by Gasteiger charge is -2.35. The second-order valence-electron chi connectivity index (χ2n) is 4.89. The van der Waals surface area contributed by atoms with Crippen LogP contribution in [0.4, 0.5) is 0 Å². The third-order valence-electron chi connectivity index (χ3n) is 3.58. The Kier molecular flexibility index (Phi) is 7.26. The minimum Gasteiger partial charge on any atom is -0.316 e. The highest BCUT2D eigenvalue weighted by molar-refractivity contribution is 4.81. The van der Waals surface area contributed by atoms with Crippen molar-refractivity contribution in [2.24, 2.45) is 11.3 Å². The lowest BCUT2D eigenvalue weighted by atomic mass is 9.73. The Hall–Kier alpha value is -0.0400. The van der Waals surface area contributed by atoms with Gasteiger partial charge >= 0.3 is 0 Å². The van der Waals surface area contributed by atoms with Gasteiger partial charge in [-0.05, 0) is 30.7 Å². The monoisotopic (exact) mass is 199 g/mol. The van der Waals surface area contributed by atoms with Gasteiger partial charge in [0.05, 0.1) is 0 Å². The second kappa shape index (κ2) is 7.28. The maximum Gasteiger partial charge on any atom is 0.000771 e. The SMILES string of the molecule is CCCNCC(C)(CCC)C(C)CC. The van der Waals surface area contributed by atoms with E-state index in [0.717, 1.165) is 12.5 Å². The minimum absolute atomic E-state index is 0.499. The van der Waals surface area contributed by atoms with Gasteiger partial charge in [-0.2, -0.15) is 0 Å². The van der Waals surface area contributed by atoms with Gasteiger partial charge < -0.3 is 5.32 Å². The summed E-state index contributed by atoms with van der Waals surface area (Å²) in [5.41, 5.74) is 0.499. The Morgan fingerprint density at radius 2 is 1.79 bits per heavy atom. The van der Waals surface area contributed by atoms with E-state index < -0.39 is 0 Å². The van der Waals surface area contributed by atoms with Gasteiger partial charge in [-0.3, -0.25) is 0 Å². The van der Waals surface area contributed by atoms with Crippen molar-refractivity contribution < 1.29 is 0 Å². The van der Waals surface area contributed by atoms with Crippen LogP contribution in [0.15, 0.2) is 0 Å². The Morgan fingerprint density at radius 1 is 1.14 bits per heavy atom. The fraction of sp³-hybridized carbons (Fsp3) is 1.00. The van der Waals surface area contributed by atoms with E-state index in [1.165, 1.54) is 32.2 Å². The zero-order chi connectivity index (χ0) is 11.0. The molecule has 86 valence electrons. The standard InChI is InChI=1S/C13H29N/c1-6-9-13(5,12(4)8-3)11-14-10-7-2/h12,14H,6-11H2,1-5H3. The Labute approximate surface area is 90.7 Å². The highest BCUT2D eigenvalue weighted by Crippen LogP contribution is 2.33. The summed E-state index contributed by atoms with van der Waals surface area (Å²) in [7, 11) is 0. The molecule has 0 aliphatic carbocycles. The van der Waals surface area contributed by atoms with Crippen LogP contribution in [0, 0.1) is 11.3 Å². The molecule has 0 bridgehead atoms. The smallest absolute Gasteiger partial charge is 0.000771 e. The number of hydrogen-bond acceptors (Lipinski definition) is 1. The van der Waals surface area contributed by atoms with Crippen LogP contribution in [0.3, 0.4) is 0 Å². The van der Waals surface area contributed by atoms with Gasteiger partial charge in [0.15, 0.2) is 0 Å². The quantitative estimate of drug-likeness (QED) is 0.586. The molecule has 1 heteroatoms. The molecule has 0 rings (SSSR count). The fourth-order valence-corrected chi connectivity index (χ4v) is 2.12. The molecule has 0 aliphatic heterocycles. The molecule has 0 heterocycles. The molecule has 0 aromatic heterocycles. The minimum atomic E-state index is 0.499. The molecule has 0 saturated heterocycles. The predicted molar refractivity (Wildman–Crippen MR) is 65.6 cm³/mol. The average molecular weight is 199 g/mol. The summed E-state index contributed by atoms with van der Waals surface area (Å²) < 4.78 is 0. The van der Waals surface area contributed by atoms with Crippen LogP contribution in [0.5, 0.6) is 0 Å². The van der Waals surface area contributed by atoms with Crippen LogP contribution >= 0.6 is 0 Å². The molecule has 0 radical (unpaired) electrons. The normalized spacial score (nSPS) is 17.8. The first-order valence-corrected chi connectivity index (χ1v) is 6.31. The molecule has 0 amide bonds. The Morgan fingerprint density at radius 3 is 2.21 bits per heavy atom. The summed E-state index contributed by atoms with van der Waals surface area (Å²) in [4.78, 5) is 0. The van der Waals surface area contributed by atoms with Crippen molar-refractivity contribution in [3.05, 3.63) is 0 Å². The first-order valence-electron chi connectivity index (χ1n) is 6.31. The van der Waals surface area contributed by atoms with Gasteiger partial charge in [0.1, 0.15) is 0 Å². The van der Waals surface area contributed by atoms with Crippen molar-refractivity contribution in [1.29, 1.82) is 0 Å². The molecule has 0 aromatic rings. The van der Waals surface area contributed by atoms with E-state index in [-0.39, 0.29) is 0 Å². The lowest BCUT2D eigenvalue weighted by Crippen LogP contribution is -2.37.